The summed E-state index contributed by atoms with van der Waals surface area (Å²) in [4.78, 5) is 0. The Hall–Kier alpha value is -0.0800. The molecule has 72 valence electrons. The van der Waals surface area contributed by atoms with Crippen LogP contribution in [0.4, 0.5) is 0 Å². The van der Waals surface area contributed by atoms with Crippen LogP contribution in [0.1, 0.15) is 33.6 Å². The Morgan fingerprint density at radius 3 is 2.50 bits per heavy atom. The van der Waals surface area contributed by atoms with Gasteiger partial charge >= 0.3 is 0 Å². The lowest BCUT2D eigenvalue weighted by molar-refractivity contribution is 0.108. The van der Waals surface area contributed by atoms with Gasteiger partial charge in [0, 0.05) is 18.7 Å². The van der Waals surface area contributed by atoms with E-state index in [9.17, 15) is 0 Å². The summed E-state index contributed by atoms with van der Waals surface area (Å²) < 4.78 is 5.42. The summed E-state index contributed by atoms with van der Waals surface area (Å²) in [5.41, 5.74) is 0. The third-order valence-corrected chi connectivity index (χ3v) is 2.33. The zero-order valence-corrected chi connectivity index (χ0v) is 8.47. The summed E-state index contributed by atoms with van der Waals surface area (Å²) >= 11 is 0. The van der Waals surface area contributed by atoms with Gasteiger partial charge in [-0.05, 0) is 25.7 Å². The second-order valence-electron chi connectivity index (χ2n) is 3.95. The maximum absolute atomic E-state index is 5.42. The molecule has 0 aromatic carbocycles. The van der Waals surface area contributed by atoms with Crippen molar-refractivity contribution in [3.05, 3.63) is 0 Å². The van der Waals surface area contributed by atoms with Gasteiger partial charge in [0.05, 0.1) is 6.61 Å². The van der Waals surface area contributed by atoms with Crippen molar-refractivity contribution in [2.45, 2.75) is 45.7 Å². The molecule has 12 heavy (non-hydrogen) atoms. The maximum atomic E-state index is 5.42. The molecule has 1 aliphatic rings. The van der Waals surface area contributed by atoms with Gasteiger partial charge in [-0.2, -0.15) is 0 Å². The van der Waals surface area contributed by atoms with Crippen molar-refractivity contribution in [2.24, 2.45) is 5.92 Å². The average molecular weight is 171 g/mol. The van der Waals surface area contributed by atoms with E-state index in [1.165, 1.54) is 12.8 Å². The molecule has 0 amide bonds. The average Bonchev–Trinajstić information content (AvgIpc) is 2.80. The maximum Gasteiger partial charge on any atom is 0.0622 e. The molecule has 0 heterocycles. The lowest BCUT2D eigenvalue weighted by atomic mass is 10.1. The molecule has 0 saturated heterocycles. The third kappa shape index (κ3) is 3.55. The van der Waals surface area contributed by atoms with Gasteiger partial charge < -0.3 is 10.1 Å². The van der Waals surface area contributed by atoms with Gasteiger partial charge in [0.1, 0.15) is 0 Å². The molecule has 1 unspecified atom stereocenters. The van der Waals surface area contributed by atoms with E-state index in [-0.39, 0.29) is 0 Å². The van der Waals surface area contributed by atoms with Crippen LogP contribution in [0.5, 0.6) is 0 Å². The largest absolute Gasteiger partial charge is 0.380 e. The SMILES string of the molecule is CCOCC(NC1CC1)C(C)C. The Morgan fingerprint density at radius 2 is 2.08 bits per heavy atom. The topological polar surface area (TPSA) is 21.3 Å². The highest BCUT2D eigenvalue weighted by molar-refractivity contribution is 4.85. The minimum atomic E-state index is 0.553. The number of rotatable bonds is 6. The minimum absolute atomic E-state index is 0.553. The lowest BCUT2D eigenvalue weighted by Crippen LogP contribution is -2.39. The molecule has 0 aromatic rings. The molecule has 0 spiro atoms. The van der Waals surface area contributed by atoms with E-state index in [2.05, 4.69) is 26.1 Å². The van der Waals surface area contributed by atoms with E-state index in [0.717, 1.165) is 19.3 Å². The zero-order chi connectivity index (χ0) is 8.97. The van der Waals surface area contributed by atoms with Gasteiger partial charge in [-0.1, -0.05) is 13.8 Å². The minimum Gasteiger partial charge on any atom is -0.380 e. The Morgan fingerprint density at radius 1 is 1.42 bits per heavy atom. The van der Waals surface area contributed by atoms with Crippen molar-refractivity contribution < 1.29 is 4.74 Å². The van der Waals surface area contributed by atoms with E-state index in [1.807, 2.05) is 0 Å². The van der Waals surface area contributed by atoms with Crippen molar-refractivity contribution in [1.29, 1.82) is 0 Å². The van der Waals surface area contributed by atoms with Crippen LogP contribution in [-0.2, 0) is 4.74 Å². The Bertz CT molecular complexity index is 121. The van der Waals surface area contributed by atoms with Crippen molar-refractivity contribution in [3.63, 3.8) is 0 Å². The standard InChI is InChI=1S/C10H21NO/c1-4-12-7-10(8(2)3)11-9-5-6-9/h8-11H,4-7H2,1-3H3. The highest BCUT2D eigenvalue weighted by atomic mass is 16.5. The summed E-state index contributed by atoms with van der Waals surface area (Å²) in [5.74, 6) is 0.678. The van der Waals surface area contributed by atoms with E-state index >= 15 is 0 Å². The lowest BCUT2D eigenvalue weighted by Gasteiger charge is -2.21. The summed E-state index contributed by atoms with van der Waals surface area (Å²) in [5, 5.41) is 3.60. The van der Waals surface area contributed by atoms with Crippen molar-refractivity contribution >= 4 is 0 Å². The molecule has 1 saturated carbocycles. The molecule has 0 aliphatic heterocycles. The predicted octanol–water partition coefficient (Wildman–Crippen LogP) is 1.80. The first kappa shape index (κ1) is 10.0. The molecule has 2 heteroatoms. The molecule has 2 nitrogen and oxygen atoms in total. The fourth-order valence-electron chi connectivity index (χ4n) is 1.23. The second-order valence-corrected chi connectivity index (χ2v) is 3.95. The summed E-state index contributed by atoms with van der Waals surface area (Å²) in [6, 6.07) is 1.34. The predicted molar refractivity (Wildman–Crippen MR) is 51.3 cm³/mol. The number of ether oxygens (including phenoxy) is 1. The van der Waals surface area contributed by atoms with Crippen LogP contribution in [-0.4, -0.2) is 25.3 Å². The quantitative estimate of drug-likeness (QED) is 0.658. The van der Waals surface area contributed by atoms with Crippen LogP contribution < -0.4 is 5.32 Å². The number of nitrogens with one attached hydrogen (secondary N) is 1. The van der Waals surface area contributed by atoms with Crippen LogP contribution in [0, 0.1) is 5.92 Å². The van der Waals surface area contributed by atoms with E-state index in [4.69, 9.17) is 4.74 Å². The van der Waals surface area contributed by atoms with Crippen LogP contribution >= 0.6 is 0 Å². The molecule has 1 rings (SSSR count). The summed E-state index contributed by atoms with van der Waals surface area (Å²) in [6.45, 7) is 8.24. The van der Waals surface area contributed by atoms with Crippen molar-refractivity contribution in [2.75, 3.05) is 13.2 Å². The van der Waals surface area contributed by atoms with Crippen LogP contribution in [0.25, 0.3) is 0 Å². The number of hydrogen-bond donors (Lipinski definition) is 1. The van der Waals surface area contributed by atoms with Gasteiger partial charge in [-0.15, -0.1) is 0 Å². The second kappa shape index (κ2) is 4.83. The summed E-state index contributed by atoms with van der Waals surface area (Å²) in [7, 11) is 0. The summed E-state index contributed by atoms with van der Waals surface area (Å²) in [6.07, 6.45) is 2.71. The Labute approximate surface area is 75.7 Å². The fraction of sp³-hybridized carbons (Fsp3) is 1.00. The van der Waals surface area contributed by atoms with Gasteiger partial charge in [0.25, 0.3) is 0 Å². The molecule has 1 fully saturated rings. The van der Waals surface area contributed by atoms with Gasteiger partial charge in [-0.25, -0.2) is 0 Å². The van der Waals surface area contributed by atoms with Crippen LogP contribution in [0.2, 0.25) is 0 Å². The van der Waals surface area contributed by atoms with Gasteiger partial charge in [0.15, 0.2) is 0 Å². The first-order valence-corrected chi connectivity index (χ1v) is 5.07. The first-order chi connectivity index (χ1) is 5.74. The molecule has 0 bridgehead atoms. The first-order valence-electron chi connectivity index (χ1n) is 5.07. The third-order valence-electron chi connectivity index (χ3n) is 2.33. The number of hydrogen-bond acceptors (Lipinski definition) is 2. The monoisotopic (exact) mass is 171 g/mol. The van der Waals surface area contributed by atoms with E-state index in [1.54, 1.807) is 0 Å². The molecular weight excluding hydrogens is 150 g/mol. The van der Waals surface area contributed by atoms with Gasteiger partial charge in [0.2, 0.25) is 0 Å². The normalized spacial score (nSPS) is 20.0. The molecule has 0 aromatic heterocycles. The molecule has 1 N–H and O–H groups in total. The molecular formula is C10H21NO. The van der Waals surface area contributed by atoms with Crippen LogP contribution in [0.15, 0.2) is 0 Å². The smallest absolute Gasteiger partial charge is 0.0622 e. The highest BCUT2D eigenvalue weighted by Crippen LogP contribution is 2.20. The van der Waals surface area contributed by atoms with Crippen LogP contribution in [0.3, 0.4) is 0 Å². The van der Waals surface area contributed by atoms with Crippen molar-refractivity contribution in [1.82, 2.24) is 5.32 Å². The highest BCUT2D eigenvalue weighted by Gasteiger charge is 2.25. The Kier molecular flexibility index (Phi) is 4.02. The Balaban J connectivity index is 2.16. The van der Waals surface area contributed by atoms with Gasteiger partial charge in [-0.3, -0.25) is 0 Å². The molecule has 0 radical (unpaired) electrons. The fourth-order valence-corrected chi connectivity index (χ4v) is 1.23. The molecule has 1 aliphatic carbocycles. The van der Waals surface area contributed by atoms with E-state index in [0.29, 0.717) is 12.0 Å². The zero-order valence-electron chi connectivity index (χ0n) is 8.47. The molecule has 1 atom stereocenters. The van der Waals surface area contributed by atoms with E-state index < -0.39 is 0 Å². The van der Waals surface area contributed by atoms with Crippen molar-refractivity contribution in [3.8, 4) is 0 Å².